The van der Waals surface area contributed by atoms with E-state index in [9.17, 15) is 0 Å². The number of hydrogen-bond acceptors (Lipinski definition) is 6. The van der Waals surface area contributed by atoms with Crippen LogP contribution in [-0.4, -0.2) is 25.1 Å². The van der Waals surface area contributed by atoms with Gasteiger partial charge in [-0.25, -0.2) is 11.0 Å². The van der Waals surface area contributed by atoms with Crippen LogP contribution < -0.4 is 21.0 Å². The Balaban J connectivity index is 1.81. The van der Waals surface area contributed by atoms with Gasteiger partial charge >= 0.3 is 0 Å². The number of nitrogens with zero attached hydrogens (tertiary/aromatic N) is 2. The van der Waals surface area contributed by atoms with E-state index in [4.69, 9.17) is 16.3 Å². The van der Waals surface area contributed by atoms with Crippen LogP contribution in [0, 0.1) is 0 Å². The minimum atomic E-state index is 0.358. The van der Waals surface area contributed by atoms with Crippen molar-refractivity contribution in [2.75, 3.05) is 18.9 Å². The maximum Gasteiger partial charge on any atom is 0.152 e. The molecule has 3 aromatic carbocycles. The summed E-state index contributed by atoms with van der Waals surface area (Å²) >= 11 is 1.47. The zero-order valence-corrected chi connectivity index (χ0v) is 16.6. The molecule has 0 unspecified atom stereocenters. The fraction of sp³-hybridized carbons (Fsp3) is 0.0952. The van der Waals surface area contributed by atoms with Gasteiger partial charge in [0.1, 0.15) is 5.75 Å². The van der Waals surface area contributed by atoms with E-state index < -0.39 is 0 Å². The summed E-state index contributed by atoms with van der Waals surface area (Å²) in [7, 11) is 3.29. The van der Waals surface area contributed by atoms with Gasteiger partial charge in [-0.2, -0.15) is 0 Å². The number of benzene rings is 3. The van der Waals surface area contributed by atoms with Crippen molar-refractivity contribution >= 4 is 23.5 Å². The topological polar surface area (TPSA) is 88.9 Å². The summed E-state index contributed by atoms with van der Waals surface area (Å²) in [6.45, 7) is 0. The molecule has 0 saturated heterocycles. The summed E-state index contributed by atoms with van der Waals surface area (Å²) in [5.41, 5.74) is 9.93. The molecule has 3 rings (SSSR count). The smallest absolute Gasteiger partial charge is 0.152 e. The van der Waals surface area contributed by atoms with E-state index in [1.165, 1.54) is 17.1 Å². The number of methoxy groups -OCH3 is 1. The number of hydrogen-bond donors (Lipinski definition) is 3. The molecule has 0 fully saturated rings. The average Bonchev–Trinajstić information content (AvgIpc) is 2.72. The van der Waals surface area contributed by atoms with Crippen LogP contribution in [0.3, 0.4) is 0 Å². The van der Waals surface area contributed by atoms with Crippen molar-refractivity contribution in [1.29, 1.82) is 0 Å². The molecule has 0 bridgehead atoms. The Morgan fingerprint density at radius 3 is 2.50 bits per heavy atom. The van der Waals surface area contributed by atoms with Gasteiger partial charge in [-0.15, -0.1) is 5.10 Å². The van der Waals surface area contributed by atoms with Gasteiger partial charge in [0.2, 0.25) is 0 Å². The van der Waals surface area contributed by atoms with Crippen molar-refractivity contribution in [2.45, 2.75) is 4.90 Å². The third kappa shape index (κ3) is 4.97. The molecule has 0 aliphatic carbocycles. The molecule has 3 aromatic rings. The molecule has 0 amide bonds. The van der Waals surface area contributed by atoms with Crippen LogP contribution in [0.4, 0.5) is 5.69 Å². The number of amidine groups is 1. The Hall–Kier alpha value is -3.16. The molecule has 0 spiro atoms. The first kappa shape index (κ1) is 19.6. The minimum Gasteiger partial charge on any atom is -0.495 e. The standard InChI is InChI=1S/C21H23N5OS/c1-26(23)24-21(22)17-9-6-10-18(13-17)28-25-19-14-16(11-12-20(19)27-2)15-7-4-3-5-8-15/h3-14,25H,23H2,1-2H3,(H2,22,24). The molecule has 7 heteroatoms. The SMILES string of the molecule is COc1ccc(-c2ccccc2)cc1NSc1cccc(/C(N)=N/N(C)N)c1. The molecule has 0 aliphatic rings. The average molecular weight is 394 g/mol. The Kier molecular flexibility index (Phi) is 6.41. The fourth-order valence-electron chi connectivity index (χ4n) is 2.66. The molecule has 6 nitrogen and oxygen atoms in total. The molecular weight excluding hydrogens is 370 g/mol. The highest BCUT2D eigenvalue weighted by molar-refractivity contribution is 8.00. The van der Waals surface area contributed by atoms with Gasteiger partial charge in [0.05, 0.1) is 12.8 Å². The van der Waals surface area contributed by atoms with Crippen molar-refractivity contribution in [2.24, 2.45) is 16.7 Å². The number of hydrazone groups is 1. The van der Waals surface area contributed by atoms with E-state index in [1.807, 2.05) is 54.6 Å². The molecular formula is C21H23N5OS. The van der Waals surface area contributed by atoms with Gasteiger partial charge in [-0.1, -0.05) is 48.5 Å². The van der Waals surface area contributed by atoms with Crippen molar-refractivity contribution in [1.82, 2.24) is 5.12 Å². The second-order valence-corrected chi connectivity index (χ2v) is 6.95. The molecule has 0 atom stereocenters. The molecule has 5 N–H and O–H groups in total. The lowest BCUT2D eigenvalue weighted by molar-refractivity contribution is 0.371. The maximum absolute atomic E-state index is 5.98. The van der Waals surface area contributed by atoms with Gasteiger partial charge in [0, 0.05) is 17.5 Å². The Morgan fingerprint density at radius 1 is 1.00 bits per heavy atom. The van der Waals surface area contributed by atoms with Gasteiger partial charge in [0.15, 0.2) is 5.84 Å². The highest BCUT2D eigenvalue weighted by Gasteiger charge is 2.08. The normalized spacial score (nSPS) is 11.2. The lowest BCUT2D eigenvalue weighted by Crippen LogP contribution is -2.25. The summed E-state index contributed by atoms with van der Waals surface area (Å²) < 4.78 is 8.87. The second kappa shape index (κ2) is 9.16. The van der Waals surface area contributed by atoms with Gasteiger partial charge in [-0.3, -0.25) is 0 Å². The molecule has 0 aromatic heterocycles. The predicted octanol–water partition coefficient (Wildman–Crippen LogP) is 3.91. The van der Waals surface area contributed by atoms with Crippen molar-refractivity contribution in [3.05, 3.63) is 78.4 Å². The van der Waals surface area contributed by atoms with Crippen LogP contribution >= 0.6 is 11.9 Å². The van der Waals surface area contributed by atoms with Crippen LogP contribution in [0.1, 0.15) is 5.56 Å². The first-order valence-corrected chi connectivity index (χ1v) is 9.47. The molecule has 28 heavy (non-hydrogen) atoms. The van der Waals surface area contributed by atoms with Gasteiger partial charge in [-0.05, 0) is 47.3 Å². The molecule has 0 saturated carbocycles. The Labute approximate surface area is 169 Å². The van der Waals surface area contributed by atoms with Crippen molar-refractivity contribution < 1.29 is 4.74 Å². The van der Waals surface area contributed by atoms with E-state index in [0.29, 0.717) is 5.84 Å². The Bertz CT molecular complexity index is 960. The number of ether oxygens (including phenoxy) is 1. The quantitative estimate of drug-likeness (QED) is 0.185. The third-order valence-corrected chi connectivity index (χ3v) is 4.79. The fourth-order valence-corrected chi connectivity index (χ4v) is 3.38. The van der Waals surface area contributed by atoms with E-state index in [2.05, 4.69) is 28.0 Å². The number of nitrogens with two attached hydrogens (primary N) is 2. The van der Waals surface area contributed by atoms with Crippen molar-refractivity contribution in [3.8, 4) is 16.9 Å². The monoisotopic (exact) mass is 393 g/mol. The highest BCUT2D eigenvalue weighted by atomic mass is 32.2. The lowest BCUT2D eigenvalue weighted by Gasteiger charge is -2.13. The minimum absolute atomic E-state index is 0.358. The summed E-state index contributed by atoms with van der Waals surface area (Å²) in [5.74, 6) is 6.66. The lowest BCUT2D eigenvalue weighted by atomic mass is 10.1. The molecule has 0 radical (unpaired) electrons. The van der Waals surface area contributed by atoms with E-state index in [0.717, 1.165) is 33.0 Å². The molecule has 0 heterocycles. The highest BCUT2D eigenvalue weighted by Crippen LogP contribution is 2.33. The van der Waals surface area contributed by atoms with E-state index in [-0.39, 0.29) is 0 Å². The zero-order valence-electron chi connectivity index (χ0n) is 15.8. The van der Waals surface area contributed by atoms with E-state index >= 15 is 0 Å². The van der Waals surface area contributed by atoms with Gasteiger partial charge in [0.25, 0.3) is 0 Å². The largest absolute Gasteiger partial charge is 0.495 e. The summed E-state index contributed by atoms with van der Waals surface area (Å²) in [6, 6.07) is 24.1. The van der Waals surface area contributed by atoms with Crippen LogP contribution in [-0.2, 0) is 0 Å². The second-order valence-electron chi connectivity index (χ2n) is 6.07. The molecule has 144 valence electrons. The summed E-state index contributed by atoms with van der Waals surface area (Å²) in [6.07, 6.45) is 0. The first-order chi connectivity index (χ1) is 13.6. The van der Waals surface area contributed by atoms with Crippen LogP contribution in [0.5, 0.6) is 5.75 Å². The summed E-state index contributed by atoms with van der Waals surface area (Å²) in [5, 5.41) is 5.22. The number of anilines is 1. The zero-order chi connectivity index (χ0) is 19.9. The first-order valence-electron chi connectivity index (χ1n) is 8.66. The van der Waals surface area contributed by atoms with Crippen LogP contribution in [0.25, 0.3) is 11.1 Å². The third-order valence-electron chi connectivity index (χ3n) is 3.98. The van der Waals surface area contributed by atoms with Gasteiger partial charge < -0.3 is 15.2 Å². The van der Waals surface area contributed by atoms with Crippen LogP contribution in [0.2, 0.25) is 0 Å². The number of rotatable bonds is 7. The number of hydrazine groups is 1. The van der Waals surface area contributed by atoms with Crippen molar-refractivity contribution in [3.63, 3.8) is 0 Å². The maximum atomic E-state index is 5.98. The summed E-state index contributed by atoms with van der Waals surface area (Å²) in [4.78, 5) is 0.988. The number of nitrogens with one attached hydrogen (secondary N) is 1. The van der Waals surface area contributed by atoms with E-state index in [1.54, 1.807) is 14.2 Å². The molecule has 0 aliphatic heterocycles. The predicted molar refractivity (Wildman–Crippen MR) is 117 cm³/mol. The Morgan fingerprint density at radius 2 is 1.79 bits per heavy atom. The van der Waals surface area contributed by atoms with Crippen LogP contribution in [0.15, 0.2) is 82.8 Å².